The van der Waals surface area contributed by atoms with Crippen LogP contribution in [-0.2, 0) is 0 Å². The number of rotatable bonds is 1. The highest BCUT2D eigenvalue weighted by molar-refractivity contribution is 6.00. The number of allylic oxidation sites excluding steroid dienone is 3. The molecule has 0 spiro atoms. The van der Waals surface area contributed by atoms with E-state index in [4.69, 9.17) is 0 Å². The van der Waals surface area contributed by atoms with Crippen molar-refractivity contribution in [2.75, 3.05) is 0 Å². The van der Waals surface area contributed by atoms with E-state index < -0.39 is 16.9 Å². The molecule has 2 heterocycles. The van der Waals surface area contributed by atoms with Gasteiger partial charge in [-0.15, -0.1) is 0 Å². The van der Waals surface area contributed by atoms with Crippen LogP contribution in [0.15, 0.2) is 53.0 Å². The second kappa shape index (κ2) is 4.20. The molecule has 1 aliphatic heterocycles. The van der Waals surface area contributed by atoms with Gasteiger partial charge >= 0.3 is 0 Å². The Kier molecular flexibility index (Phi) is 2.41. The van der Waals surface area contributed by atoms with E-state index in [1.54, 1.807) is 24.3 Å². The van der Waals surface area contributed by atoms with E-state index in [0.717, 1.165) is 0 Å². The fraction of sp³-hybridized carbons (Fsp3) is 0.133. The molecule has 1 aromatic carbocycles. The topological polar surface area (TPSA) is 95.1 Å². The number of hydrogen-bond acceptors (Lipinski definition) is 5. The number of carbonyl (C=O) groups excluding carboxylic acids is 1. The molecule has 2 aliphatic rings. The summed E-state index contributed by atoms with van der Waals surface area (Å²) in [5.74, 6) is -1.05. The summed E-state index contributed by atoms with van der Waals surface area (Å²) in [7, 11) is 0. The summed E-state index contributed by atoms with van der Waals surface area (Å²) in [5.41, 5.74) is 0.0114. The predicted molar refractivity (Wildman–Crippen MR) is 77.1 cm³/mol. The van der Waals surface area contributed by atoms with Gasteiger partial charge in [0.2, 0.25) is 5.78 Å². The maximum atomic E-state index is 12.6. The summed E-state index contributed by atoms with van der Waals surface area (Å²) >= 11 is 0. The van der Waals surface area contributed by atoms with Crippen LogP contribution in [0.3, 0.4) is 0 Å². The fourth-order valence-electron chi connectivity index (χ4n) is 3.00. The Morgan fingerprint density at radius 1 is 1.23 bits per heavy atom. The molecule has 0 fully saturated rings. The minimum Gasteiger partial charge on any atom is -0.290 e. The summed E-state index contributed by atoms with van der Waals surface area (Å²) in [6.07, 6.45) is 4.14. The lowest BCUT2D eigenvalue weighted by molar-refractivity contribution is -0.419. The maximum absolute atomic E-state index is 12.6. The Morgan fingerprint density at radius 3 is 2.77 bits per heavy atom. The number of benzene rings is 1. The molecule has 2 atom stereocenters. The van der Waals surface area contributed by atoms with Crippen LogP contribution >= 0.6 is 0 Å². The summed E-state index contributed by atoms with van der Waals surface area (Å²) in [6, 6.07) is 6.24. The van der Waals surface area contributed by atoms with Crippen LogP contribution in [0.1, 0.15) is 16.7 Å². The second-order valence-electron chi connectivity index (χ2n) is 5.22. The molecule has 0 saturated carbocycles. The number of ketones is 1. The normalized spacial score (nSPS) is 22.4. The number of aromatic nitrogens is 2. The van der Waals surface area contributed by atoms with Gasteiger partial charge in [-0.1, -0.05) is 18.2 Å². The average Bonchev–Trinajstić information content (AvgIpc) is 2.80. The molecule has 0 bridgehead atoms. The van der Waals surface area contributed by atoms with Gasteiger partial charge in [0.25, 0.3) is 11.3 Å². The molecule has 0 saturated heterocycles. The highest BCUT2D eigenvalue weighted by Crippen LogP contribution is 2.35. The van der Waals surface area contributed by atoms with Gasteiger partial charge in [0.1, 0.15) is 0 Å². The van der Waals surface area contributed by atoms with E-state index in [1.807, 2.05) is 0 Å². The van der Waals surface area contributed by atoms with E-state index >= 15 is 0 Å². The number of fused-ring (bicyclic) bond motifs is 4. The van der Waals surface area contributed by atoms with Crippen molar-refractivity contribution in [1.82, 2.24) is 9.55 Å². The van der Waals surface area contributed by atoms with Gasteiger partial charge in [0.05, 0.1) is 27.8 Å². The predicted octanol–water partition coefficient (Wildman–Crippen LogP) is 1.48. The van der Waals surface area contributed by atoms with Gasteiger partial charge in [0.15, 0.2) is 5.82 Å². The van der Waals surface area contributed by atoms with Crippen LogP contribution in [0.25, 0.3) is 10.9 Å². The third kappa shape index (κ3) is 1.53. The van der Waals surface area contributed by atoms with Gasteiger partial charge in [-0.2, -0.15) is 0 Å². The summed E-state index contributed by atoms with van der Waals surface area (Å²) in [5, 5.41) is 11.3. The number of hydrogen-bond donors (Lipinski definition) is 0. The molecule has 0 amide bonds. The van der Waals surface area contributed by atoms with Crippen LogP contribution < -0.4 is 5.56 Å². The molecular formula is C15H9N3O4. The van der Waals surface area contributed by atoms with Gasteiger partial charge in [0, 0.05) is 12.2 Å². The monoisotopic (exact) mass is 295 g/mol. The zero-order valence-corrected chi connectivity index (χ0v) is 11.2. The standard InChI is InChI=1S/C15H9N3O4/c19-13-10-7-8(18(21)22)5-6-12(10)17-14(13)16-11-4-2-1-3-9(11)15(17)20/h1-7,10,12H. The van der Waals surface area contributed by atoms with Crippen molar-refractivity contribution in [3.05, 3.63) is 74.5 Å². The SMILES string of the molecule is O=C1c2nc3ccccc3c(=O)n2C2C=CC([N+](=O)[O-])=CC12. The first-order valence-electron chi connectivity index (χ1n) is 6.68. The van der Waals surface area contributed by atoms with Gasteiger partial charge < -0.3 is 0 Å². The van der Waals surface area contributed by atoms with Crippen LogP contribution in [0, 0.1) is 16.0 Å². The number of para-hydroxylation sites is 1. The molecule has 0 N–H and O–H groups in total. The van der Waals surface area contributed by atoms with Crippen molar-refractivity contribution in [2.45, 2.75) is 6.04 Å². The number of Topliss-reactive ketones (excluding diaryl/α,β-unsaturated/α-hetero) is 1. The molecule has 1 aromatic heterocycles. The molecule has 7 heteroatoms. The van der Waals surface area contributed by atoms with Crippen molar-refractivity contribution >= 4 is 16.7 Å². The molecule has 108 valence electrons. The molecule has 2 aromatic rings. The number of carbonyl (C=O) groups is 1. The number of nitrogens with zero attached hydrogens (tertiary/aromatic N) is 3. The molecule has 4 rings (SSSR count). The minimum absolute atomic E-state index is 0.0594. The molecule has 22 heavy (non-hydrogen) atoms. The van der Waals surface area contributed by atoms with E-state index in [0.29, 0.717) is 10.9 Å². The van der Waals surface area contributed by atoms with E-state index in [9.17, 15) is 19.7 Å². The highest BCUT2D eigenvalue weighted by Gasteiger charge is 2.42. The van der Waals surface area contributed by atoms with Gasteiger partial charge in [-0.25, -0.2) is 4.98 Å². The molecular weight excluding hydrogens is 286 g/mol. The zero-order chi connectivity index (χ0) is 15.4. The number of nitro groups is 1. The van der Waals surface area contributed by atoms with E-state index in [2.05, 4.69) is 4.98 Å². The Labute approximate surface area is 123 Å². The van der Waals surface area contributed by atoms with E-state index in [1.165, 1.54) is 22.8 Å². The largest absolute Gasteiger partial charge is 0.290 e. The smallest absolute Gasteiger partial charge is 0.266 e. The Hall–Kier alpha value is -3.09. The lowest BCUT2D eigenvalue weighted by Gasteiger charge is -2.16. The summed E-state index contributed by atoms with van der Waals surface area (Å²) < 4.78 is 1.33. The molecule has 1 aliphatic carbocycles. The van der Waals surface area contributed by atoms with Crippen LogP contribution in [-0.4, -0.2) is 20.3 Å². The molecule has 7 nitrogen and oxygen atoms in total. The zero-order valence-electron chi connectivity index (χ0n) is 11.2. The van der Waals surface area contributed by atoms with Crippen LogP contribution in [0.4, 0.5) is 0 Å². The maximum Gasteiger partial charge on any atom is 0.266 e. The quantitative estimate of drug-likeness (QED) is 0.586. The lowest BCUT2D eigenvalue weighted by Crippen LogP contribution is -2.26. The average molecular weight is 295 g/mol. The van der Waals surface area contributed by atoms with Crippen molar-refractivity contribution < 1.29 is 9.72 Å². The van der Waals surface area contributed by atoms with Crippen molar-refractivity contribution in [3.63, 3.8) is 0 Å². The second-order valence-corrected chi connectivity index (χ2v) is 5.22. The van der Waals surface area contributed by atoms with Crippen LogP contribution in [0.2, 0.25) is 0 Å². The van der Waals surface area contributed by atoms with Gasteiger partial charge in [-0.3, -0.25) is 24.3 Å². The first-order valence-corrected chi connectivity index (χ1v) is 6.68. The minimum atomic E-state index is -0.748. The highest BCUT2D eigenvalue weighted by atomic mass is 16.6. The molecule has 0 radical (unpaired) electrons. The lowest BCUT2D eigenvalue weighted by atomic mass is 9.93. The Balaban J connectivity index is 1.98. The third-order valence-electron chi connectivity index (χ3n) is 4.02. The van der Waals surface area contributed by atoms with Crippen molar-refractivity contribution in [3.8, 4) is 0 Å². The van der Waals surface area contributed by atoms with Crippen molar-refractivity contribution in [2.24, 2.45) is 5.92 Å². The fourth-order valence-corrected chi connectivity index (χ4v) is 3.00. The molecule has 2 unspecified atom stereocenters. The Bertz CT molecular complexity index is 970. The Morgan fingerprint density at radius 2 is 2.00 bits per heavy atom. The van der Waals surface area contributed by atoms with Gasteiger partial charge in [-0.05, 0) is 12.1 Å². The van der Waals surface area contributed by atoms with Crippen LogP contribution in [0.5, 0.6) is 0 Å². The summed E-state index contributed by atoms with van der Waals surface area (Å²) in [4.78, 5) is 39.7. The summed E-state index contributed by atoms with van der Waals surface area (Å²) in [6.45, 7) is 0. The first-order chi connectivity index (χ1) is 10.6. The third-order valence-corrected chi connectivity index (χ3v) is 4.02. The first kappa shape index (κ1) is 12.6. The van der Waals surface area contributed by atoms with E-state index in [-0.39, 0.29) is 22.9 Å². The van der Waals surface area contributed by atoms with Crippen molar-refractivity contribution in [1.29, 1.82) is 0 Å².